The van der Waals surface area contributed by atoms with Crippen LogP contribution in [-0.4, -0.2) is 58.8 Å². The molecule has 1 aromatic carbocycles. The Hall–Kier alpha value is -2.49. The van der Waals surface area contributed by atoms with E-state index >= 15 is 0 Å². The van der Waals surface area contributed by atoms with Gasteiger partial charge >= 0.3 is 5.97 Å². The molecule has 10 heteroatoms. The van der Waals surface area contributed by atoms with Crippen molar-refractivity contribution in [3.05, 3.63) is 35.4 Å². The van der Waals surface area contributed by atoms with E-state index in [1.165, 1.54) is 32.1 Å². The standard InChI is InChI=1S/C26H39N5O4.ClH/c1-17(27)25(34)30-26(35)22-14-21(19-6-3-2-4-7-19)16-31(22)15-18-9-11-20(12-10-18)24(28)29-13-5-8-23(32)33;/h9-12,17,19,21-22H,2-8,13-16,27H2,1H3,(H2,28,29)(H,32,33)(H,30,34,35);1H/t17-,21?,22-;/m0./s1. The summed E-state index contributed by atoms with van der Waals surface area (Å²) in [7, 11) is 0. The van der Waals surface area contributed by atoms with E-state index < -0.39 is 17.9 Å². The van der Waals surface area contributed by atoms with Gasteiger partial charge in [-0.15, -0.1) is 12.4 Å². The maximum Gasteiger partial charge on any atom is 0.303 e. The van der Waals surface area contributed by atoms with Crippen molar-refractivity contribution in [3.8, 4) is 0 Å². The molecule has 6 N–H and O–H groups in total. The van der Waals surface area contributed by atoms with Crippen molar-refractivity contribution in [1.29, 1.82) is 0 Å². The number of carbonyl (C=O) groups is 3. The molecule has 9 nitrogen and oxygen atoms in total. The summed E-state index contributed by atoms with van der Waals surface area (Å²) < 4.78 is 0. The van der Waals surface area contributed by atoms with Crippen molar-refractivity contribution in [3.63, 3.8) is 0 Å². The topological polar surface area (TPSA) is 151 Å². The van der Waals surface area contributed by atoms with Crippen molar-refractivity contribution >= 4 is 36.0 Å². The molecule has 2 aliphatic rings. The molecule has 1 saturated heterocycles. The SMILES string of the molecule is C[C@H](N)C(=O)NC(=O)[C@@H]1CC(C2CCCCC2)CN1Cc1ccc(C(N)=NCCCC(=O)O)cc1.Cl. The van der Waals surface area contributed by atoms with Crippen molar-refractivity contribution in [2.45, 2.75) is 76.9 Å². The Labute approximate surface area is 219 Å². The number of aliphatic carboxylic acids is 1. The number of aliphatic imine (C=N–C) groups is 1. The van der Waals surface area contributed by atoms with Crippen molar-refractivity contribution in [2.75, 3.05) is 13.1 Å². The summed E-state index contributed by atoms with van der Waals surface area (Å²) in [5, 5.41) is 11.2. The van der Waals surface area contributed by atoms with Gasteiger partial charge in [0.25, 0.3) is 0 Å². The Bertz CT molecular complexity index is 915. The van der Waals surface area contributed by atoms with Crippen molar-refractivity contribution in [1.82, 2.24) is 10.2 Å². The quantitative estimate of drug-likeness (QED) is 0.209. The second kappa shape index (κ2) is 14.3. The third kappa shape index (κ3) is 8.57. The van der Waals surface area contributed by atoms with Crippen LogP contribution in [0.1, 0.15) is 69.4 Å². The first kappa shape index (κ1) is 29.7. The van der Waals surface area contributed by atoms with E-state index in [1.54, 1.807) is 6.92 Å². The molecule has 3 atom stereocenters. The van der Waals surface area contributed by atoms with Crippen LogP contribution >= 0.6 is 12.4 Å². The molecule has 2 fully saturated rings. The Morgan fingerprint density at radius 3 is 2.42 bits per heavy atom. The number of hydrogen-bond donors (Lipinski definition) is 4. The molecule has 1 aliphatic carbocycles. The summed E-state index contributed by atoms with van der Waals surface area (Å²) in [4.78, 5) is 42.1. The van der Waals surface area contributed by atoms with E-state index in [0.717, 1.165) is 24.1 Å². The van der Waals surface area contributed by atoms with Gasteiger partial charge in [-0.1, -0.05) is 56.4 Å². The summed E-state index contributed by atoms with van der Waals surface area (Å²) in [5.41, 5.74) is 13.5. The highest BCUT2D eigenvalue weighted by Crippen LogP contribution is 2.38. The number of halogens is 1. The van der Waals surface area contributed by atoms with Crippen molar-refractivity contribution in [2.24, 2.45) is 28.3 Å². The highest BCUT2D eigenvalue weighted by molar-refractivity contribution is 6.00. The van der Waals surface area contributed by atoms with Crippen LogP contribution in [0.25, 0.3) is 0 Å². The molecule has 1 unspecified atom stereocenters. The zero-order valence-corrected chi connectivity index (χ0v) is 21.8. The number of carboxylic acid groups (broad SMARTS) is 1. The number of nitrogens with zero attached hydrogens (tertiary/aromatic N) is 2. The monoisotopic (exact) mass is 521 g/mol. The molecule has 0 aromatic heterocycles. The maximum atomic E-state index is 13.0. The number of rotatable bonds is 10. The third-order valence-corrected chi connectivity index (χ3v) is 7.18. The van der Waals surface area contributed by atoms with Gasteiger partial charge in [0.2, 0.25) is 11.8 Å². The number of imide groups is 1. The largest absolute Gasteiger partial charge is 0.481 e. The minimum Gasteiger partial charge on any atom is -0.481 e. The smallest absolute Gasteiger partial charge is 0.303 e. The van der Waals surface area contributed by atoms with Gasteiger partial charge in [0.1, 0.15) is 5.84 Å². The van der Waals surface area contributed by atoms with E-state index in [-0.39, 0.29) is 30.8 Å². The van der Waals surface area contributed by atoms with E-state index in [4.69, 9.17) is 16.6 Å². The van der Waals surface area contributed by atoms with Crippen LogP contribution < -0.4 is 16.8 Å². The van der Waals surface area contributed by atoms with Gasteiger partial charge in [0.15, 0.2) is 0 Å². The number of likely N-dealkylation sites (tertiary alicyclic amines) is 1. The second-order valence-corrected chi connectivity index (χ2v) is 9.94. The number of amidine groups is 1. The number of carboxylic acids is 1. The predicted octanol–water partition coefficient (Wildman–Crippen LogP) is 2.44. The number of amides is 2. The number of nitrogens with one attached hydrogen (secondary N) is 1. The number of carbonyl (C=O) groups excluding carboxylic acids is 2. The molecule has 1 heterocycles. The van der Waals surface area contributed by atoms with Crippen molar-refractivity contribution < 1.29 is 19.5 Å². The fourth-order valence-corrected chi connectivity index (χ4v) is 5.19. The fourth-order valence-electron chi connectivity index (χ4n) is 5.19. The fraction of sp³-hybridized carbons (Fsp3) is 0.615. The first-order chi connectivity index (χ1) is 16.7. The van der Waals surface area contributed by atoms with Gasteiger partial charge in [-0.3, -0.25) is 29.6 Å². The summed E-state index contributed by atoms with van der Waals surface area (Å²) in [6, 6.07) is 6.66. The van der Waals surface area contributed by atoms with Crippen LogP contribution in [0.15, 0.2) is 29.3 Å². The van der Waals surface area contributed by atoms with Gasteiger partial charge in [-0.25, -0.2) is 0 Å². The minimum atomic E-state index is -0.843. The van der Waals surface area contributed by atoms with E-state index in [1.807, 2.05) is 24.3 Å². The molecule has 0 radical (unpaired) electrons. The average molecular weight is 522 g/mol. The van der Waals surface area contributed by atoms with Gasteiger partial charge in [0.05, 0.1) is 12.1 Å². The summed E-state index contributed by atoms with van der Waals surface area (Å²) in [6.45, 7) is 3.38. The molecule has 2 amide bonds. The minimum absolute atomic E-state index is 0. The Morgan fingerprint density at radius 2 is 1.81 bits per heavy atom. The summed E-state index contributed by atoms with van der Waals surface area (Å²) in [5.74, 6) is -0.0905. The van der Waals surface area contributed by atoms with Gasteiger partial charge in [-0.2, -0.15) is 0 Å². The Kier molecular flexibility index (Phi) is 11.8. The zero-order valence-electron chi connectivity index (χ0n) is 21.0. The molecule has 0 spiro atoms. The highest BCUT2D eigenvalue weighted by Gasteiger charge is 2.40. The number of hydrogen-bond acceptors (Lipinski definition) is 6. The molecule has 1 saturated carbocycles. The van der Waals surface area contributed by atoms with Crippen LogP contribution in [-0.2, 0) is 20.9 Å². The van der Waals surface area contributed by atoms with Crippen LogP contribution in [0.2, 0.25) is 0 Å². The number of nitrogens with two attached hydrogens (primary N) is 2. The Balaban J connectivity index is 0.00000456. The first-order valence-electron chi connectivity index (χ1n) is 12.7. The average Bonchev–Trinajstić information content (AvgIpc) is 3.26. The Morgan fingerprint density at radius 1 is 1.14 bits per heavy atom. The predicted molar refractivity (Wildman–Crippen MR) is 142 cm³/mol. The lowest BCUT2D eigenvalue weighted by atomic mass is 9.79. The van der Waals surface area contributed by atoms with Gasteiger partial charge in [-0.05, 0) is 37.2 Å². The van der Waals surface area contributed by atoms with Crippen LogP contribution in [0, 0.1) is 11.8 Å². The summed E-state index contributed by atoms with van der Waals surface area (Å²) >= 11 is 0. The number of benzene rings is 1. The van der Waals surface area contributed by atoms with E-state index in [9.17, 15) is 14.4 Å². The second-order valence-electron chi connectivity index (χ2n) is 9.94. The summed E-state index contributed by atoms with van der Waals surface area (Å²) in [6.07, 6.45) is 7.49. The van der Waals surface area contributed by atoms with Crippen LogP contribution in [0.4, 0.5) is 0 Å². The molecule has 1 aromatic rings. The van der Waals surface area contributed by atoms with Gasteiger partial charge in [0, 0.05) is 31.6 Å². The van der Waals surface area contributed by atoms with Crippen LogP contribution in [0.5, 0.6) is 0 Å². The zero-order chi connectivity index (χ0) is 25.4. The molecule has 36 heavy (non-hydrogen) atoms. The molecule has 0 bridgehead atoms. The maximum absolute atomic E-state index is 13.0. The van der Waals surface area contributed by atoms with E-state index in [0.29, 0.717) is 37.2 Å². The molecular weight excluding hydrogens is 482 g/mol. The molecule has 1 aliphatic heterocycles. The molecule has 200 valence electrons. The lowest BCUT2D eigenvalue weighted by Crippen LogP contribution is -2.49. The van der Waals surface area contributed by atoms with Gasteiger partial charge < -0.3 is 16.6 Å². The lowest BCUT2D eigenvalue weighted by Gasteiger charge is -2.27. The first-order valence-corrected chi connectivity index (χ1v) is 12.7. The van der Waals surface area contributed by atoms with Crippen LogP contribution in [0.3, 0.4) is 0 Å². The lowest BCUT2D eigenvalue weighted by molar-refractivity contribution is -0.137. The van der Waals surface area contributed by atoms with E-state index in [2.05, 4.69) is 15.2 Å². The molecule has 3 rings (SSSR count). The third-order valence-electron chi connectivity index (χ3n) is 7.18. The molecular formula is C26H40ClN5O4. The normalized spacial score (nSPS) is 22.0. The highest BCUT2D eigenvalue weighted by atomic mass is 35.5.